The van der Waals surface area contributed by atoms with E-state index in [4.69, 9.17) is 0 Å². The second-order valence-electron chi connectivity index (χ2n) is 5.62. The molecule has 0 spiro atoms. The first-order valence-electron chi connectivity index (χ1n) is 7.45. The Bertz CT molecular complexity index is 853. The van der Waals surface area contributed by atoms with Crippen LogP contribution in [0.25, 0.3) is 16.3 Å². The number of carbonyl (C=O) groups excluding carboxylic acids is 1. The van der Waals surface area contributed by atoms with Crippen molar-refractivity contribution in [3.05, 3.63) is 64.2 Å². The molecule has 0 aliphatic carbocycles. The molecule has 1 amide bonds. The molecule has 0 unspecified atom stereocenters. The Balaban J connectivity index is 1.76. The Morgan fingerprint density at radius 1 is 1.13 bits per heavy atom. The number of fused-ring (bicyclic) bond motifs is 1. The zero-order valence-electron chi connectivity index (χ0n) is 13.4. The Morgan fingerprint density at radius 2 is 1.83 bits per heavy atom. The summed E-state index contributed by atoms with van der Waals surface area (Å²) in [6.45, 7) is 6.07. The highest BCUT2D eigenvalue weighted by atomic mass is 32.1. The molecule has 0 radical (unpaired) electrons. The molecule has 1 N–H and O–H groups in total. The van der Waals surface area contributed by atoms with Crippen LogP contribution in [0.15, 0.2) is 42.5 Å². The van der Waals surface area contributed by atoms with Gasteiger partial charge in [-0.15, -0.1) is 11.3 Å². The number of rotatable bonds is 3. The number of anilines is 1. The van der Waals surface area contributed by atoms with Crippen LogP contribution < -0.4 is 5.32 Å². The Kier molecular flexibility index (Phi) is 4.26. The second kappa shape index (κ2) is 6.34. The maximum absolute atomic E-state index is 12.2. The lowest BCUT2D eigenvalue weighted by molar-refractivity contribution is -0.111. The predicted octanol–water partition coefficient (Wildman–Crippen LogP) is 4.87. The molecule has 3 aromatic rings. The van der Waals surface area contributed by atoms with Gasteiger partial charge >= 0.3 is 0 Å². The summed E-state index contributed by atoms with van der Waals surface area (Å²) in [5, 5.41) is 3.79. The van der Waals surface area contributed by atoms with Gasteiger partial charge in [0.2, 0.25) is 5.91 Å². The van der Waals surface area contributed by atoms with E-state index < -0.39 is 0 Å². The summed E-state index contributed by atoms with van der Waals surface area (Å²) in [7, 11) is 0. The molecule has 116 valence electrons. The Morgan fingerprint density at radius 3 is 2.52 bits per heavy atom. The number of benzene rings is 2. The first-order chi connectivity index (χ1) is 11.0. The van der Waals surface area contributed by atoms with Crippen molar-refractivity contribution < 1.29 is 4.79 Å². The van der Waals surface area contributed by atoms with Gasteiger partial charge in [0.05, 0.1) is 10.2 Å². The molecular formula is C19H18N2OS. The second-order valence-corrected chi connectivity index (χ2v) is 6.68. The fourth-order valence-electron chi connectivity index (χ4n) is 2.65. The number of amides is 1. The number of para-hydroxylation sites is 1. The molecule has 3 rings (SSSR count). The molecule has 0 aliphatic rings. The molecule has 4 heteroatoms. The summed E-state index contributed by atoms with van der Waals surface area (Å²) >= 11 is 1.58. The number of nitrogens with zero attached hydrogens (tertiary/aromatic N) is 1. The van der Waals surface area contributed by atoms with Crippen LogP contribution in [0.5, 0.6) is 0 Å². The number of aryl methyl sites for hydroxylation is 3. The summed E-state index contributed by atoms with van der Waals surface area (Å²) in [4.78, 5) is 16.7. The number of carbonyl (C=O) groups is 1. The summed E-state index contributed by atoms with van der Waals surface area (Å²) < 4.78 is 1.12. The molecule has 1 aromatic heterocycles. The standard InChI is InChI=1S/C19H18N2OS/c1-12-10-13(2)19(14(3)11-12)21-17(22)8-9-18-20-15-6-4-5-7-16(15)23-18/h4-11H,1-3H3,(H,21,22). The molecule has 23 heavy (non-hydrogen) atoms. The maximum Gasteiger partial charge on any atom is 0.248 e. The molecule has 0 fully saturated rings. The highest BCUT2D eigenvalue weighted by Gasteiger charge is 2.06. The largest absolute Gasteiger partial charge is 0.322 e. The van der Waals surface area contributed by atoms with Crippen molar-refractivity contribution in [1.82, 2.24) is 4.98 Å². The summed E-state index contributed by atoms with van der Waals surface area (Å²) in [6, 6.07) is 12.1. The third kappa shape index (κ3) is 3.48. The minimum absolute atomic E-state index is 0.140. The minimum Gasteiger partial charge on any atom is -0.322 e. The first-order valence-corrected chi connectivity index (χ1v) is 8.27. The number of aromatic nitrogens is 1. The van der Waals surface area contributed by atoms with Crippen LogP contribution in [0.2, 0.25) is 0 Å². The van der Waals surface area contributed by atoms with Crippen molar-refractivity contribution >= 4 is 39.2 Å². The molecule has 2 aromatic carbocycles. The van der Waals surface area contributed by atoms with E-state index in [9.17, 15) is 4.79 Å². The van der Waals surface area contributed by atoms with Crippen molar-refractivity contribution in [1.29, 1.82) is 0 Å². The van der Waals surface area contributed by atoms with Crippen molar-refractivity contribution in [3.8, 4) is 0 Å². The first kappa shape index (κ1) is 15.4. The van der Waals surface area contributed by atoms with Gasteiger partial charge in [0.25, 0.3) is 0 Å². The van der Waals surface area contributed by atoms with Gasteiger partial charge in [-0.1, -0.05) is 29.8 Å². The molecular weight excluding hydrogens is 304 g/mol. The van der Waals surface area contributed by atoms with E-state index in [2.05, 4.69) is 29.4 Å². The van der Waals surface area contributed by atoms with Gasteiger partial charge in [-0.25, -0.2) is 4.98 Å². The smallest absolute Gasteiger partial charge is 0.248 e. The average molecular weight is 322 g/mol. The predicted molar refractivity (Wildman–Crippen MR) is 97.9 cm³/mol. The molecule has 0 saturated carbocycles. The lowest BCUT2D eigenvalue weighted by Crippen LogP contribution is -2.10. The molecule has 0 atom stereocenters. The lowest BCUT2D eigenvalue weighted by atomic mass is 10.1. The zero-order valence-corrected chi connectivity index (χ0v) is 14.2. The van der Waals surface area contributed by atoms with Crippen LogP contribution in [0.4, 0.5) is 5.69 Å². The van der Waals surface area contributed by atoms with Crippen LogP contribution in [-0.2, 0) is 4.79 Å². The summed E-state index contributed by atoms with van der Waals surface area (Å²) in [5.41, 5.74) is 5.19. The number of thiazole rings is 1. The van der Waals surface area contributed by atoms with Crippen molar-refractivity contribution in [2.75, 3.05) is 5.32 Å². The lowest BCUT2D eigenvalue weighted by Gasteiger charge is -2.11. The normalized spacial score (nSPS) is 11.3. The van der Waals surface area contributed by atoms with E-state index in [1.54, 1.807) is 17.4 Å². The zero-order chi connectivity index (χ0) is 16.4. The number of hydrogen-bond donors (Lipinski definition) is 1. The fraction of sp³-hybridized carbons (Fsp3) is 0.158. The van der Waals surface area contributed by atoms with Gasteiger partial charge in [-0.2, -0.15) is 0 Å². The number of nitrogens with one attached hydrogen (secondary N) is 1. The van der Waals surface area contributed by atoms with Gasteiger partial charge in [-0.05, 0) is 50.1 Å². The SMILES string of the molecule is Cc1cc(C)c(NC(=O)C=Cc2nc3ccccc3s2)c(C)c1. The Hall–Kier alpha value is -2.46. The van der Waals surface area contributed by atoms with Gasteiger partial charge in [0.15, 0.2) is 0 Å². The van der Waals surface area contributed by atoms with Crippen LogP contribution in [-0.4, -0.2) is 10.9 Å². The summed E-state index contributed by atoms with van der Waals surface area (Å²) in [5.74, 6) is -0.140. The molecule has 0 bridgehead atoms. The maximum atomic E-state index is 12.2. The highest BCUT2D eigenvalue weighted by molar-refractivity contribution is 7.19. The van der Waals surface area contributed by atoms with Crippen molar-refractivity contribution in [3.63, 3.8) is 0 Å². The van der Waals surface area contributed by atoms with Crippen LogP contribution in [0, 0.1) is 20.8 Å². The molecule has 0 aliphatic heterocycles. The van der Waals surface area contributed by atoms with Gasteiger partial charge in [0, 0.05) is 11.8 Å². The Labute approximate surface area is 139 Å². The fourth-order valence-corrected chi connectivity index (χ4v) is 3.52. The van der Waals surface area contributed by atoms with Gasteiger partial charge in [-0.3, -0.25) is 4.79 Å². The van der Waals surface area contributed by atoms with Crippen LogP contribution in [0.3, 0.4) is 0 Å². The van der Waals surface area contributed by atoms with E-state index in [0.29, 0.717) is 0 Å². The highest BCUT2D eigenvalue weighted by Crippen LogP contribution is 2.23. The summed E-state index contributed by atoms with van der Waals surface area (Å²) in [6.07, 6.45) is 3.30. The van der Waals surface area contributed by atoms with Crippen LogP contribution >= 0.6 is 11.3 Å². The van der Waals surface area contributed by atoms with E-state index in [1.807, 2.05) is 38.1 Å². The molecule has 3 nitrogen and oxygen atoms in total. The third-order valence-electron chi connectivity index (χ3n) is 3.61. The van der Waals surface area contributed by atoms with E-state index in [-0.39, 0.29) is 5.91 Å². The topological polar surface area (TPSA) is 42.0 Å². The van der Waals surface area contributed by atoms with Crippen molar-refractivity contribution in [2.45, 2.75) is 20.8 Å². The van der Waals surface area contributed by atoms with E-state index in [1.165, 1.54) is 11.6 Å². The van der Waals surface area contributed by atoms with Gasteiger partial charge in [0.1, 0.15) is 5.01 Å². The van der Waals surface area contributed by atoms with Crippen LogP contribution in [0.1, 0.15) is 21.7 Å². The third-order valence-corrected chi connectivity index (χ3v) is 4.61. The monoisotopic (exact) mass is 322 g/mol. The van der Waals surface area contributed by atoms with Gasteiger partial charge < -0.3 is 5.32 Å². The molecule has 1 heterocycles. The number of hydrogen-bond acceptors (Lipinski definition) is 3. The van der Waals surface area contributed by atoms with E-state index >= 15 is 0 Å². The average Bonchev–Trinajstić information content (AvgIpc) is 2.91. The molecule has 0 saturated heterocycles. The quantitative estimate of drug-likeness (QED) is 0.699. The van der Waals surface area contributed by atoms with Crippen molar-refractivity contribution in [2.24, 2.45) is 0 Å². The van der Waals surface area contributed by atoms with E-state index in [0.717, 1.165) is 32.0 Å². The minimum atomic E-state index is -0.140.